The van der Waals surface area contributed by atoms with Crippen molar-refractivity contribution in [2.24, 2.45) is 5.73 Å². The van der Waals surface area contributed by atoms with E-state index in [1.807, 2.05) is 0 Å². The molecular weight excluding hydrogens is 200 g/mol. The summed E-state index contributed by atoms with van der Waals surface area (Å²) in [6.07, 6.45) is 6.51. The van der Waals surface area contributed by atoms with Crippen LogP contribution in [0.3, 0.4) is 0 Å². The van der Waals surface area contributed by atoms with Crippen molar-refractivity contribution >= 4 is 0 Å². The molecule has 0 radical (unpaired) electrons. The molecule has 82 valence electrons. The van der Waals surface area contributed by atoms with Crippen LogP contribution in [0.25, 0.3) is 5.69 Å². The largest absolute Gasteiger partial charge is 0.325 e. The van der Waals surface area contributed by atoms with Crippen LogP contribution >= 0.6 is 0 Å². The van der Waals surface area contributed by atoms with E-state index in [0.717, 1.165) is 24.9 Å². The maximum absolute atomic E-state index is 6.08. The predicted molar refractivity (Wildman–Crippen MR) is 61.2 cm³/mol. The van der Waals surface area contributed by atoms with Crippen LogP contribution in [0.4, 0.5) is 0 Å². The maximum atomic E-state index is 6.08. The Balaban J connectivity index is 1.80. The Labute approximate surface area is 94.1 Å². The highest BCUT2D eigenvalue weighted by atomic mass is 15.3. The van der Waals surface area contributed by atoms with E-state index in [1.54, 1.807) is 11.0 Å². The SMILES string of the molecule is NC1(Cc2ccc(-n3cncn3)cc2)CC1. The smallest absolute Gasteiger partial charge is 0.138 e. The highest BCUT2D eigenvalue weighted by Crippen LogP contribution is 2.35. The first-order valence-corrected chi connectivity index (χ1v) is 5.48. The number of hydrogen-bond donors (Lipinski definition) is 1. The highest BCUT2D eigenvalue weighted by Gasteiger charge is 2.37. The van der Waals surface area contributed by atoms with E-state index in [2.05, 4.69) is 34.3 Å². The van der Waals surface area contributed by atoms with Gasteiger partial charge in [0.2, 0.25) is 0 Å². The molecule has 0 spiro atoms. The lowest BCUT2D eigenvalue weighted by Gasteiger charge is -2.08. The molecule has 1 aliphatic carbocycles. The summed E-state index contributed by atoms with van der Waals surface area (Å²) in [6.45, 7) is 0. The molecule has 0 aliphatic heterocycles. The lowest BCUT2D eigenvalue weighted by molar-refractivity contribution is 0.672. The van der Waals surface area contributed by atoms with E-state index in [0.29, 0.717) is 0 Å². The summed E-state index contributed by atoms with van der Waals surface area (Å²) in [6, 6.07) is 8.33. The molecule has 0 atom stereocenters. The molecular formula is C12H14N4. The molecule has 1 saturated carbocycles. The monoisotopic (exact) mass is 214 g/mol. The molecule has 3 rings (SSSR count). The van der Waals surface area contributed by atoms with E-state index < -0.39 is 0 Å². The summed E-state index contributed by atoms with van der Waals surface area (Å²) >= 11 is 0. The predicted octanol–water partition coefficient (Wildman–Crippen LogP) is 1.30. The summed E-state index contributed by atoms with van der Waals surface area (Å²) in [5.41, 5.74) is 8.49. The fourth-order valence-corrected chi connectivity index (χ4v) is 1.85. The zero-order valence-electron chi connectivity index (χ0n) is 9.00. The average Bonchev–Trinajstić information content (AvgIpc) is 2.83. The van der Waals surface area contributed by atoms with Gasteiger partial charge in [-0.1, -0.05) is 12.1 Å². The van der Waals surface area contributed by atoms with Crippen LogP contribution in [0.2, 0.25) is 0 Å². The third kappa shape index (κ3) is 1.84. The minimum Gasteiger partial charge on any atom is -0.325 e. The standard InChI is InChI=1S/C12H14N4/c13-12(5-6-12)7-10-1-3-11(4-2-10)16-9-14-8-15-16/h1-4,8-9H,5-7,13H2. The zero-order valence-corrected chi connectivity index (χ0v) is 9.00. The van der Waals surface area contributed by atoms with Gasteiger partial charge in [-0.25, -0.2) is 9.67 Å². The molecule has 0 amide bonds. The normalized spacial score (nSPS) is 17.3. The second kappa shape index (κ2) is 3.42. The average molecular weight is 214 g/mol. The van der Waals surface area contributed by atoms with Crippen molar-refractivity contribution in [1.82, 2.24) is 14.8 Å². The van der Waals surface area contributed by atoms with Crippen LogP contribution in [-0.4, -0.2) is 20.3 Å². The van der Waals surface area contributed by atoms with Gasteiger partial charge in [0.15, 0.2) is 0 Å². The zero-order chi connectivity index (χ0) is 11.0. The van der Waals surface area contributed by atoms with Crippen molar-refractivity contribution < 1.29 is 0 Å². The molecule has 2 aromatic rings. The molecule has 1 aliphatic rings. The van der Waals surface area contributed by atoms with Gasteiger partial charge < -0.3 is 5.73 Å². The van der Waals surface area contributed by atoms with Gasteiger partial charge in [0.25, 0.3) is 0 Å². The van der Waals surface area contributed by atoms with Crippen LogP contribution in [0.15, 0.2) is 36.9 Å². The van der Waals surface area contributed by atoms with Gasteiger partial charge in [-0.2, -0.15) is 5.10 Å². The summed E-state index contributed by atoms with van der Waals surface area (Å²) in [4.78, 5) is 3.92. The third-order valence-electron chi connectivity index (χ3n) is 3.07. The van der Waals surface area contributed by atoms with Gasteiger partial charge in [0.05, 0.1) is 5.69 Å². The van der Waals surface area contributed by atoms with E-state index in [1.165, 1.54) is 11.9 Å². The van der Waals surface area contributed by atoms with E-state index >= 15 is 0 Å². The Morgan fingerprint density at radius 1 is 1.25 bits per heavy atom. The number of hydrogen-bond acceptors (Lipinski definition) is 3. The van der Waals surface area contributed by atoms with Gasteiger partial charge in [0, 0.05) is 5.54 Å². The quantitative estimate of drug-likeness (QED) is 0.837. The first kappa shape index (κ1) is 9.54. The second-order valence-electron chi connectivity index (χ2n) is 4.55. The molecule has 16 heavy (non-hydrogen) atoms. The van der Waals surface area contributed by atoms with Crippen LogP contribution in [0.5, 0.6) is 0 Å². The number of aromatic nitrogens is 3. The number of nitrogens with two attached hydrogens (primary N) is 1. The van der Waals surface area contributed by atoms with E-state index in [-0.39, 0.29) is 5.54 Å². The minimum atomic E-state index is 0.0781. The molecule has 0 bridgehead atoms. The highest BCUT2D eigenvalue weighted by molar-refractivity contribution is 5.34. The molecule has 0 saturated heterocycles. The van der Waals surface area contributed by atoms with Crippen molar-refractivity contribution in [3.05, 3.63) is 42.5 Å². The lowest BCUT2D eigenvalue weighted by atomic mass is 10.0. The van der Waals surface area contributed by atoms with Crippen LogP contribution < -0.4 is 5.73 Å². The van der Waals surface area contributed by atoms with Crippen molar-refractivity contribution in [2.75, 3.05) is 0 Å². The Bertz CT molecular complexity index is 468. The van der Waals surface area contributed by atoms with Crippen molar-refractivity contribution in [3.8, 4) is 5.69 Å². The number of nitrogens with zero attached hydrogens (tertiary/aromatic N) is 3. The molecule has 0 unspecified atom stereocenters. The molecule has 4 nitrogen and oxygen atoms in total. The number of benzene rings is 1. The van der Waals surface area contributed by atoms with Gasteiger partial charge in [-0.05, 0) is 37.0 Å². The Hall–Kier alpha value is -1.68. The molecule has 4 heteroatoms. The molecule has 2 N–H and O–H groups in total. The molecule has 1 aromatic heterocycles. The summed E-state index contributed by atoms with van der Waals surface area (Å²) in [7, 11) is 0. The van der Waals surface area contributed by atoms with E-state index in [9.17, 15) is 0 Å². The van der Waals surface area contributed by atoms with Crippen molar-refractivity contribution in [3.63, 3.8) is 0 Å². The maximum Gasteiger partial charge on any atom is 0.138 e. The minimum absolute atomic E-state index is 0.0781. The third-order valence-corrected chi connectivity index (χ3v) is 3.07. The van der Waals surface area contributed by atoms with Crippen molar-refractivity contribution in [2.45, 2.75) is 24.8 Å². The van der Waals surface area contributed by atoms with Gasteiger partial charge in [-0.15, -0.1) is 0 Å². The van der Waals surface area contributed by atoms with E-state index in [4.69, 9.17) is 5.73 Å². The van der Waals surface area contributed by atoms with Crippen LogP contribution in [-0.2, 0) is 6.42 Å². The first-order chi connectivity index (χ1) is 7.75. The second-order valence-corrected chi connectivity index (χ2v) is 4.55. The van der Waals surface area contributed by atoms with Crippen molar-refractivity contribution in [1.29, 1.82) is 0 Å². The molecule has 1 fully saturated rings. The van der Waals surface area contributed by atoms with Crippen LogP contribution in [0.1, 0.15) is 18.4 Å². The van der Waals surface area contributed by atoms with Gasteiger partial charge in [0.1, 0.15) is 12.7 Å². The first-order valence-electron chi connectivity index (χ1n) is 5.48. The Morgan fingerprint density at radius 3 is 2.56 bits per heavy atom. The Morgan fingerprint density at radius 2 is 2.00 bits per heavy atom. The van der Waals surface area contributed by atoms with Crippen LogP contribution in [0, 0.1) is 0 Å². The fourth-order valence-electron chi connectivity index (χ4n) is 1.85. The fraction of sp³-hybridized carbons (Fsp3) is 0.333. The summed E-state index contributed by atoms with van der Waals surface area (Å²) in [5.74, 6) is 0. The lowest BCUT2D eigenvalue weighted by Crippen LogP contribution is -2.24. The molecule has 1 aromatic carbocycles. The number of rotatable bonds is 3. The molecule has 1 heterocycles. The summed E-state index contributed by atoms with van der Waals surface area (Å²) in [5, 5.41) is 4.08. The van der Waals surface area contributed by atoms with Gasteiger partial charge >= 0.3 is 0 Å². The Kier molecular flexibility index (Phi) is 2.04. The van der Waals surface area contributed by atoms with Gasteiger partial charge in [-0.3, -0.25) is 0 Å². The topological polar surface area (TPSA) is 56.7 Å². The summed E-state index contributed by atoms with van der Waals surface area (Å²) < 4.78 is 1.75.